The Morgan fingerprint density at radius 2 is 1.83 bits per heavy atom. The predicted octanol–water partition coefficient (Wildman–Crippen LogP) is 4.55. The molecule has 0 amide bonds. The van der Waals surface area contributed by atoms with Gasteiger partial charge in [0.05, 0.1) is 11.3 Å². The van der Waals surface area contributed by atoms with Crippen molar-refractivity contribution in [3.8, 4) is 17.3 Å². The second-order valence-corrected chi connectivity index (χ2v) is 5.44. The smallest absolute Gasteiger partial charge is 0.134 e. The van der Waals surface area contributed by atoms with E-state index in [0.29, 0.717) is 10.7 Å². The van der Waals surface area contributed by atoms with E-state index < -0.39 is 11.6 Å². The van der Waals surface area contributed by atoms with Crippen molar-refractivity contribution < 1.29 is 8.78 Å². The van der Waals surface area contributed by atoms with Gasteiger partial charge in [0.1, 0.15) is 22.7 Å². The summed E-state index contributed by atoms with van der Waals surface area (Å²) in [6, 6.07) is 9.11. The number of hydrogen-bond donors (Lipinski definition) is 0. The van der Waals surface area contributed by atoms with E-state index >= 15 is 0 Å². The molecule has 2 heterocycles. The Balaban J connectivity index is 2.01. The lowest BCUT2D eigenvalue weighted by atomic mass is 10.1. The van der Waals surface area contributed by atoms with Crippen LogP contribution in [0.5, 0.6) is 0 Å². The van der Waals surface area contributed by atoms with E-state index in [9.17, 15) is 14.0 Å². The molecular weight excluding hydrogens is 316 g/mol. The summed E-state index contributed by atoms with van der Waals surface area (Å²) >= 11 is 1.24. The summed E-state index contributed by atoms with van der Waals surface area (Å²) in [6.45, 7) is 0. The van der Waals surface area contributed by atoms with E-state index in [-0.39, 0.29) is 11.1 Å². The molecule has 1 aromatic carbocycles. The Labute approximate surface area is 135 Å². The molecule has 0 unspecified atom stereocenters. The van der Waals surface area contributed by atoms with Gasteiger partial charge in [0, 0.05) is 28.9 Å². The molecular formula is C17H9F2N3S. The van der Waals surface area contributed by atoms with Crippen LogP contribution in [0, 0.1) is 23.0 Å². The van der Waals surface area contributed by atoms with Gasteiger partial charge in [-0.1, -0.05) is 6.07 Å². The molecule has 0 saturated carbocycles. The van der Waals surface area contributed by atoms with Crippen LogP contribution in [0.3, 0.4) is 0 Å². The third-order valence-electron chi connectivity index (χ3n) is 3.12. The molecule has 3 nitrogen and oxygen atoms in total. The van der Waals surface area contributed by atoms with E-state index in [1.807, 2.05) is 6.07 Å². The summed E-state index contributed by atoms with van der Waals surface area (Å²) in [5.74, 6) is -1.44. The molecule has 0 aliphatic rings. The van der Waals surface area contributed by atoms with Crippen LogP contribution in [0.1, 0.15) is 10.6 Å². The number of hydrogen-bond acceptors (Lipinski definition) is 4. The number of rotatable bonds is 3. The quantitative estimate of drug-likeness (QED) is 0.664. The van der Waals surface area contributed by atoms with Crippen molar-refractivity contribution in [2.24, 2.45) is 0 Å². The number of aromatic nitrogens is 2. The highest BCUT2D eigenvalue weighted by Gasteiger charge is 2.12. The Morgan fingerprint density at radius 1 is 1.13 bits per heavy atom. The third kappa shape index (κ3) is 3.15. The summed E-state index contributed by atoms with van der Waals surface area (Å²) in [5.41, 5.74) is 1.41. The number of allylic oxidation sites excluding steroid dienone is 1. The lowest BCUT2D eigenvalue weighted by molar-refractivity contribution is 0.579. The number of pyridine rings is 1. The van der Waals surface area contributed by atoms with Crippen molar-refractivity contribution in [3.05, 3.63) is 70.3 Å². The van der Waals surface area contributed by atoms with E-state index in [2.05, 4.69) is 9.97 Å². The maximum absolute atomic E-state index is 13.7. The highest BCUT2D eigenvalue weighted by molar-refractivity contribution is 7.11. The van der Waals surface area contributed by atoms with Gasteiger partial charge in [-0.25, -0.2) is 13.8 Å². The van der Waals surface area contributed by atoms with E-state index in [1.165, 1.54) is 23.5 Å². The number of nitrogens with zero attached hydrogens (tertiary/aromatic N) is 3. The van der Waals surface area contributed by atoms with Gasteiger partial charge in [-0.3, -0.25) is 4.98 Å². The second kappa shape index (κ2) is 6.46. The number of halogens is 2. The fraction of sp³-hybridized carbons (Fsp3) is 0. The SMILES string of the molecule is N#CC(=Cc1c(F)cccc1F)c1nc(-c2ccncc2)cs1. The highest BCUT2D eigenvalue weighted by atomic mass is 32.1. The van der Waals surface area contributed by atoms with E-state index in [0.717, 1.165) is 17.7 Å². The molecule has 0 fully saturated rings. The maximum atomic E-state index is 13.7. The van der Waals surface area contributed by atoms with Crippen molar-refractivity contribution in [1.29, 1.82) is 5.26 Å². The topological polar surface area (TPSA) is 49.6 Å². The second-order valence-electron chi connectivity index (χ2n) is 4.58. The van der Waals surface area contributed by atoms with Gasteiger partial charge in [0.2, 0.25) is 0 Å². The van der Waals surface area contributed by atoms with Crippen molar-refractivity contribution in [1.82, 2.24) is 9.97 Å². The summed E-state index contributed by atoms with van der Waals surface area (Å²) in [6.07, 6.45) is 4.47. The van der Waals surface area contributed by atoms with Gasteiger partial charge in [0.25, 0.3) is 0 Å². The molecule has 3 aromatic rings. The number of thiazole rings is 1. The zero-order chi connectivity index (χ0) is 16.2. The van der Waals surface area contributed by atoms with Gasteiger partial charge >= 0.3 is 0 Å². The van der Waals surface area contributed by atoms with Gasteiger partial charge in [-0.2, -0.15) is 5.26 Å². The Bertz CT molecular complexity index is 891. The molecule has 0 bridgehead atoms. The van der Waals surface area contributed by atoms with E-state index in [1.54, 1.807) is 29.9 Å². The van der Waals surface area contributed by atoms with E-state index in [4.69, 9.17) is 0 Å². The van der Waals surface area contributed by atoms with Gasteiger partial charge < -0.3 is 0 Å². The molecule has 0 N–H and O–H groups in total. The maximum Gasteiger partial charge on any atom is 0.134 e. The minimum atomic E-state index is -0.719. The Hall–Kier alpha value is -2.91. The summed E-state index contributed by atoms with van der Waals surface area (Å²) in [4.78, 5) is 8.29. The number of benzene rings is 1. The molecule has 0 atom stereocenters. The first-order valence-corrected chi connectivity index (χ1v) is 7.49. The van der Waals surface area contributed by atoms with Crippen LogP contribution in [0.2, 0.25) is 0 Å². The average molecular weight is 325 g/mol. The molecule has 112 valence electrons. The monoisotopic (exact) mass is 325 g/mol. The van der Waals surface area contributed by atoms with Crippen molar-refractivity contribution in [2.75, 3.05) is 0 Å². The molecule has 0 radical (unpaired) electrons. The van der Waals surface area contributed by atoms with Crippen molar-refractivity contribution >= 4 is 23.0 Å². The average Bonchev–Trinajstić information content (AvgIpc) is 3.05. The predicted molar refractivity (Wildman–Crippen MR) is 85.2 cm³/mol. The zero-order valence-electron chi connectivity index (χ0n) is 11.7. The van der Waals surface area contributed by atoms with Crippen LogP contribution in [-0.2, 0) is 0 Å². The molecule has 0 aliphatic carbocycles. The van der Waals surface area contributed by atoms with Gasteiger partial charge in [0.15, 0.2) is 0 Å². The summed E-state index contributed by atoms with van der Waals surface area (Å²) in [5, 5.41) is 11.5. The third-order valence-corrected chi connectivity index (χ3v) is 4.00. The molecule has 23 heavy (non-hydrogen) atoms. The lowest BCUT2D eigenvalue weighted by Crippen LogP contribution is -1.90. The van der Waals surface area contributed by atoms with Crippen molar-refractivity contribution in [3.63, 3.8) is 0 Å². The normalized spacial score (nSPS) is 11.3. The minimum absolute atomic E-state index is 0.110. The van der Waals surface area contributed by atoms with Crippen molar-refractivity contribution in [2.45, 2.75) is 0 Å². The first-order chi connectivity index (χ1) is 11.2. The molecule has 3 rings (SSSR count). The van der Waals surface area contributed by atoms with Gasteiger partial charge in [-0.05, 0) is 30.3 Å². The van der Waals surface area contributed by atoms with Crippen LogP contribution in [0.4, 0.5) is 8.78 Å². The van der Waals surface area contributed by atoms with Crippen LogP contribution in [0.25, 0.3) is 22.9 Å². The summed E-state index contributed by atoms with van der Waals surface area (Å²) < 4.78 is 27.4. The Kier molecular flexibility index (Phi) is 4.22. The van der Waals surface area contributed by atoms with Gasteiger partial charge in [-0.15, -0.1) is 11.3 Å². The molecule has 0 spiro atoms. The number of nitriles is 1. The highest BCUT2D eigenvalue weighted by Crippen LogP contribution is 2.27. The zero-order valence-corrected chi connectivity index (χ0v) is 12.5. The lowest BCUT2D eigenvalue weighted by Gasteiger charge is -2.00. The fourth-order valence-electron chi connectivity index (χ4n) is 1.99. The first-order valence-electron chi connectivity index (χ1n) is 6.61. The fourth-order valence-corrected chi connectivity index (χ4v) is 2.78. The van der Waals surface area contributed by atoms with Crippen LogP contribution < -0.4 is 0 Å². The Morgan fingerprint density at radius 3 is 2.48 bits per heavy atom. The standard InChI is InChI=1S/C17H9F2N3S/c18-14-2-1-3-15(19)13(14)8-12(9-20)17-22-16(10-23-17)11-4-6-21-7-5-11/h1-8,10H. The van der Waals surface area contributed by atoms with Crippen LogP contribution >= 0.6 is 11.3 Å². The largest absolute Gasteiger partial charge is 0.265 e. The first kappa shape index (κ1) is 15.0. The molecule has 0 saturated heterocycles. The van der Waals surface area contributed by atoms with Crippen LogP contribution in [-0.4, -0.2) is 9.97 Å². The van der Waals surface area contributed by atoms with Crippen LogP contribution in [0.15, 0.2) is 48.1 Å². The molecule has 6 heteroatoms. The molecule has 0 aliphatic heterocycles. The summed E-state index contributed by atoms with van der Waals surface area (Å²) in [7, 11) is 0. The molecule has 2 aromatic heterocycles. The minimum Gasteiger partial charge on any atom is -0.265 e.